The zero-order chi connectivity index (χ0) is 18.6. The molecule has 142 valence electrons. The van der Waals surface area contributed by atoms with Gasteiger partial charge < -0.3 is 4.74 Å². The van der Waals surface area contributed by atoms with Crippen LogP contribution in [0.5, 0.6) is 6.01 Å². The SMILES string of the molecule is CCOc1ncc(C(=O)C2CC3CCCC(C2)N3Cc2ccccc2)cn1. The Kier molecular flexibility index (Phi) is 5.48. The molecule has 5 nitrogen and oxygen atoms in total. The van der Waals surface area contributed by atoms with E-state index in [4.69, 9.17) is 4.74 Å². The maximum absolute atomic E-state index is 13.0. The highest BCUT2D eigenvalue weighted by Gasteiger charge is 2.40. The van der Waals surface area contributed by atoms with Gasteiger partial charge in [0.15, 0.2) is 5.78 Å². The van der Waals surface area contributed by atoms with Gasteiger partial charge in [-0.2, -0.15) is 0 Å². The van der Waals surface area contributed by atoms with Crippen molar-refractivity contribution in [3.8, 4) is 6.01 Å². The molecule has 0 radical (unpaired) electrons. The molecule has 0 amide bonds. The van der Waals surface area contributed by atoms with Gasteiger partial charge in [0, 0.05) is 36.9 Å². The monoisotopic (exact) mass is 365 g/mol. The van der Waals surface area contributed by atoms with E-state index in [1.54, 1.807) is 12.4 Å². The van der Waals surface area contributed by atoms with Gasteiger partial charge in [-0.3, -0.25) is 9.69 Å². The van der Waals surface area contributed by atoms with Crippen LogP contribution in [0.2, 0.25) is 0 Å². The predicted octanol–water partition coefficient (Wildman–Crippen LogP) is 3.89. The van der Waals surface area contributed by atoms with Crippen LogP contribution in [0, 0.1) is 5.92 Å². The number of hydrogen-bond acceptors (Lipinski definition) is 5. The topological polar surface area (TPSA) is 55.3 Å². The molecule has 2 bridgehead atoms. The molecule has 5 heteroatoms. The minimum Gasteiger partial charge on any atom is -0.464 e. The standard InChI is InChI=1S/C22H27N3O2/c1-2-27-22-23-13-18(14-24-22)21(26)17-11-19-9-6-10-20(12-17)25(19)15-16-7-4-3-5-8-16/h3-5,7-8,13-14,17,19-20H,2,6,9-12,15H2,1H3. The summed E-state index contributed by atoms with van der Waals surface area (Å²) in [7, 11) is 0. The molecule has 1 aromatic carbocycles. The number of carbonyl (C=O) groups excluding carboxylic acids is 1. The Morgan fingerprint density at radius 3 is 2.41 bits per heavy atom. The molecule has 0 saturated carbocycles. The third kappa shape index (κ3) is 4.03. The first-order valence-electron chi connectivity index (χ1n) is 10.0. The average Bonchev–Trinajstić information content (AvgIpc) is 2.69. The Labute approximate surface area is 160 Å². The molecular formula is C22H27N3O2. The fourth-order valence-electron chi connectivity index (χ4n) is 4.63. The van der Waals surface area contributed by atoms with E-state index < -0.39 is 0 Å². The second-order valence-electron chi connectivity index (χ2n) is 7.62. The largest absolute Gasteiger partial charge is 0.464 e. The molecule has 2 saturated heterocycles. The average molecular weight is 365 g/mol. The molecule has 2 unspecified atom stereocenters. The Morgan fingerprint density at radius 2 is 1.78 bits per heavy atom. The van der Waals surface area contributed by atoms with Crippen LogP contribution in [-0.4, -0.2) is 39.3 Å². The van der Waals surface area contributed by atoms with Crippen LogP contribution in [0.1, 0.15) is 54.9 Å². The predicted molar refractivity (Wildman–Crippen MR) is 104 cm³/mol. The number of aromatic nitrogens is 2. The number of carbonyl (C=O) groups is 1. The summed E-state index contributed by atoms with van der Waals surface area (Å²) in [5.74, 6) is 0.267. The summed E-state index contributed by atoms with van der Waals surface area (Å²) in [6, 6.07) is 12.0. The van der Waals surface area contributed by atoms with Crippen LogP contribution in [-0.2, 0) is 6.54 Å². The minimum atomic E-state index is 0.0777. The zero-order valence-corrected chi connectivity index (χ0v) is 15.9. The lowest BCUT2D eigenvalue weighted by Gasteiger charge is -2.48. The minimum absolute atomic E-state index is 0.0777. The summed E-state index contributed by atoms with van der Waals surface area (Å²) in [5.41, 5.74) is 1.97. The molecule has 0 aliphatic carbocycles. The third-order valence-corrected chi connectivity index (χ3v) is 5.89. The lowest BCUT2D eigenvalue weighted by atomic mass is 9.75. The van der Waals surface area contributed by atoms with Crippen LogP contribution in [0.3, 0.4) is 0 Å². The highest BCUT2D eigenvalue weighted by atomic mass is 16.5. The van der Waals surface area contributed by atoms with Crippen LogP contribution < -0.4 is 4.74 Å². The van der Waals surface area contributed by atoms with E-state index in [1.165, 1.54) is 24.8 Å². The number of hydrogen-bond donors (Lipinski definition) is 0. The van der Waals surface area contributed by atoms with Crippen LogP contribution in [0.4, 0.5) is 0 Å². The van der Waals surface area contributed by atoms with Gasteiger partial charge in [0.05, 0.1) is 12.2 Å². The van der Waals surface area contributed by atoms with Crippen molar-refractivity contribution in [3.05, 3.63) is 53.9 Å². The smallest absolute Gasteiger partial charge is 0.316 e. The molecule has 2 fully saturated rings. The third-order valence-electron chi connectivity index (χ3n) is 5.89. The lowest BCUT2D eigenvalue weighted by molar-refractivity contribution is 0.00903. The highest BCUT2D eigenvalue weighted by molar-refractivity contribution is 5.97. The second kappa shape index (κ2) is 8.17. The summed E-state index contributed by atoms with van der Waals surface area (Å²) in [5, 5.41) is 0. The molecule has 2 aromatic rings. The molecule has 2 aliphatic rings. The molecule has 2 atom stereocenters. The molecule has 4 rings (SSSR count). The Bertz CT molecular complexity index is 749. The number of piperidine rings is 2. The quantitative estimate of drug-likeness (QED) is 0.727. The number of rotatable bonds is 6. The summed E-state index contributed by atoms with van der Waals surface area (Å²) in [4.78, 5) is 24.0. The molecular weight excluding hydrogens is 338 g/mol. The van der Waals surface area contributed by atoms with Gasteiger partial charge in [-0.1, -0.05) is 36.8 Å². The van der Waals surface area contributed by atoms with E-state index in [0.29, 0.717) is 30.3 Å². The molecule has 27 heavy (non-hydrogen) atoms. The Balaban J connectivity index is 1.45. The Morgan fingerprint density at radius 1 is 1.11 bits per heavy atom. The van der Waals surface area contributed by atoms with Crippen molar-refractivity contribution in [2.24, 2.45) is 5.92 Å². The number of nitrogens with zero attached hydrogens (tertiary/aromatic N) is 3. The second-order valence-corrected chi connectivity index (χ2v) is 7.62. The van der Waals surface area contributed by atoms with E-state index >= 15 is 0 Å². The highest BCUT2D eigenvalue weighted by Crippen LogP contribution is 2.39. The first-order valence-corrected chi connectivity index (χ1v) is 10.0. The molecule has 1 aromatic heterocycles. The number of benzene rings is 1. The van der Waals surface area contributed by atoms with Crippen molar-refractivity contribution in [1.29, 1.82) is 0 Å². The van der Waals surface area contributed by atoms with Crippen LogP contribution >= 0.6 is 0 Å². The molecule has 3 heterocycles. The number of Topliss-reactive ketones (excluding diaryl/α,β-unsaturated/α-hetero) is 1. The summed E-state index contributed by atoms with van der Waals surface area (Å²) >= 11 is 0. The van der Waals surface area contributed by atoms with E-state index in [1.807, 2.05) is 6.92 Å². The molecule has 0 N–H and O–H groups in total. The first-order chi connectivity index (χ1) is 13.2. The molecule has 0 spiro atoms. The first kappa shape index (κ1) is 18.1. The zero-order valence-electron chi connectivity index (χ0n) is 15.9. The van der Waals surface area contributed by atoms with E-state index in [2.05, 4.69) is 45.2 Å². The molecule has 2 aliphatic heterocycles. The Hall–Kier alpha value is -2.27. The van der Waals surface area contributed by atoms with E-state index in [9.17, 15) is 4.79 Å². The fourth-order valence-corrected chi connectivity index (χ4v) is 4.63. The number of fused-ring (bicyclic) bond motifs is 2. The van der Waals surface area contributed by atoms with Crippen molar-refractivity contribution < 1.29 is 9.53 Å². The van der Waals surface area contributed by atoms with Crippen LogP contribution in [0.15, 0.2) is 42.7 Å². The normalized spacial score (nSPS) is 25.1. The van der Waals surface area contributed by atoms with Crippen molar-refractivity contribution in [2.75, 3.05) is 6.61 Å². The maximum Gasteiger partial charge on any atom is 0.316 e. The van der Waals surface area contributed by atoms with Crippen molar-refractivity contribution in [3.63, 3.8) is 0 Å². The van der Waals surface area contributed by atoms with Gasteiger partial charge in [0.25, 0.3) is 0 Å². The maximum atomic E-state index is 13.0. The van der Waals surface area contributed by atoms with Crippen LogP contribution in [0.25, 0.3) is 0 Å². The van der Waals surface area contributed by atoms with Crippen molar-refractivity contribution in [1.82, 2.24) is 14.9 Å². The van der Waals surface area contributed by atoms with Gasteiger partial charge in [-0.25, -0.2) is 9.97 Å². The van der Waals surface area contributed by atoms with Gasteiger partial charge in [0.2, 0.25) is 0 Å². The summed E-state index contributed by atoms with van der Waals surface area (Å²) < 4.78 is 5.28. The van der Waals surface area contributed by atoms with Gasteiger partial charge in [-0.15, -0.1) is 0 Å². The summed E-state index contributed by atoms with van der Waals surface area (Å²) in [6.07, 6.45) is 8.76. The number of ether oxygens (including phenoxy) is 1. The number of ketones is 1. The van der Waals surface area contributed by atoms with E-state index in [0.717, 1.165) is 19.4 Å². The van der Waals surface area contributed by atoms with Gasteiger partial charge in [-0.05, 0) is 38.2 Å². The lowest BCUT2D eigenvalue weighted by Crippen LogP contribution is -2.52. The van der Waals surface area contributed by atoms with Gasteiger partial charge in [0.1, 0.15) is 0 Å². The van der Waals surface area contributed by atoms with E-state index in [-0.39, 0.29) is 11.7 Å². The van der Waals surface area contributed by atoms with Crippen molar-refractivity contribution >= 4 is 5.78 Å². The summed E-state index contributed by atoms with van der Waals surface area (Å²) in [6.45, 7) is 3.41. The fraction of sp³-hybridized carbons (Fsp3) is 0.500. The van der Waals surface area contributed by atoms with Gasteiger partial charge >= 0.3 is 6.01 Å². The van der Waals surface area contributed by atoms with Crippen molar-refractivity contribution in [2.45, 2.75) is 57.7 Å².